The molecule has 140 valence electrons. The van der Waals surface area contributed by atoms with Crippen LogP contribution in [0.5, 0.6) is 0 Å². The van der Waals surface area contributed by atoms with Gasteiger partial charge in [-0.15, -0.1) is 0 Å². The predicted octanol–water partition coefficient (Wildman–Crippen LogP) is 4.21. The van der Waals surface area contributed by atoms with Gasteiger partial charge in [0, 0.05) is 11.8 Å². The Morgan fingerprint density at radius 3 is 2.64 bits per heavy atom. The Bertz CT molecular complexity index is 1160. The monoisotopic (exact) mass is 374 g/mol. The predicted molar refractivity (Wildman–Crippen MR) is 107 cm³/mol. The Hall–Kier alpha value is -3.81. The van der Waals surface area contributed by atoms with Gasteiger partial charge in [0.25, 0.3) is 5.69 Å². The zero-order valence-corrected chi connectivity index (χ0v) is 15.4. The van der Waals surface area contributed by atoms with E-state index in [-0.39, 0.29) is 11.7 Å². The minimum Gasteiger partial charge on any atom is -0.348 e. The van der Waals surface area contributed by atoms with Crippen molar-refractivity contribution in [3.8, 4) is 5.82 Å². The summed E-state index contributed by atoms with van der Waals surface area (Å²) >= 11 is 0. The molecule has 0 radical (unpaired) electrons. The number of nitrogens with one attached hydrogen (secondary N) is 1. The molecule has 1 N–H and O–H groups in total. The third kappa shape index (κ3) is 3.16. The first-order valence-corrected chi connectivity index (χ1v) is 8.80. The van der Waals surface area contributed by atoms with Gasteiger partial charge in [-0.25, -0.2) is 9.97 Å². The summed E-state index contributed by atoms with van der Waals surface area (Å²) in [5.74, 6) is 1.05. The third-order valence-electron chi connectivity index (χ3n) is 4.61. The molecule has 2 aromatic carbocycles. The van der Waals surface area contributed by atoms with Crippen molar-refractivity contribution < 1.29 is 4.92 Å². The van der Waals surface area contributed by atoms with E-state index in [0.29, 0.717) is 28.4 Å². The van der Waals surface area contributed by atoms with Crippen LogP contribution in [0.2, 0.25) is 0 Å². The molecule has 2 aromatic heterocycles. The molecule has 0 amide bonds. The van der Waals surface area contributed by atoms with Gasteiger partial charge < -0.3 is 5.32 Å². The van der Waals surface area contributed by atoms with Crippen LogP contribution >= 0.6 is 0 Å². The standard InChI is InChI=1S/C20H18N6O2/c1-13-8-9-16-18(19(13)26(27)28)22-12-25(16)17-10-11-21-20(24-17)23-14(2)15-6-4-3-5-7-15/h3-12,14H,1-2H3,(H,21,23,24)/t14-/m0/s1. The first-order valence-electron chi connectivity index (χ1n) is 8.80. The maximum atomic E-state index is 11.4. The van der Waals surface area contributed by atoms with Crippen molar-refractivity contribution in [2.24, 2.45) is 0 Å². The summed E-state index contributed by atoms with van der Waals surface area (Å²) in [6.07, 6.45) is 3.20. The molecule has 28 heavy (non-hydrogen) atoms. The summed E-state index contributed by atoms with van der Waals surface area (Å²) in [4.78, 5) is 24.1. The van der Waals surface area contributed by atoms with E-state index < -0.39 is 4.92 Å². The van der Waals surface area contributed by atoms with Gasteiger partial charge in [0.15, 0.2) is 5.52 Å². The fourth-order valence-electron chi connectivity index (χ4n) is 3.15. The molecule has 4 rings (SSSR count). The molecular weight excluding hydrogens is 356 g/mol. The number of hydrogen-bond acceptors (Lipinski definition) is 6. The zero-order chi connectivity index (χ0) is 19.7. The zero-order valence-electron chi connectivity index (χ0n) is 15.4. The van der Waals surface area contributed by atoms with E-state index in [1.54, 1.807) is 36.1 Å². The minimum atomic E-state index is -0.399. The molecule has 0 bridgehead atoms. The van der Waals surface area contributed by atoms with Gasteiger partial charge in [-0.1, -0.05) is 36.4 Å². The van der Waals surface area contributed by atoms with E-state index >= 15 is 0 Å². The largest absolute Gasteiger partial charge is 0.348 e. The van der Waals surface area contributed by atoms with Crippen molar-refractivity contribution in [2.75, 3.05) is 5.32 Å². The fraction of sp³-hybridized carbons (Fsp3) is 0.150. The molecule has 0 fully saturated rings. The van der Waals surface area contributed by atoms with Crippen LogP contribution < -0.4 is 5.32 Å². The molecule has 2 heterocycles. The Kier molecular flexibility index (Phi) is 4.44. The molecule has 0 aliphatic heterocycles. The summed E-state index contributed by atoms with van der Waals surface area (Å²) in [6, 6.07) is 15.3. The van der Waals surface area contributed by atoms with Crippen molar-refractivity contribution in [2.45, 2.75) is 19.9 Å². The Morgan fingerprint density at radius 1 is 1.11 bits per heavy atom. The quantitative estimate of drug-likeness (QED) is 0.415. The molecule has 0 saturated carbocycles. The van der Waals surface area contributed by atoms with Crippen LogP contribution in [0, 0.1) is 17.0 Å². The van der Waals surface area contributed by atoms with Crippen molar-refractivity contribution in [1.29, 1.82) is 0 Å². The van der Waals surface area contributed by atoms with Crippen LogP contribution in [0.25, 0.3) is 16.9 Å². The van der Waals surface area contributed by atoms with Crippen molar-refractivity contribution in [3.05, 3.63) is 82.3 Å². The lowest BCUT2D eigenvalue weighted by atomic mass is 10.1. The number of fused-ring (bicyclic) bond motifs is 1. The lowest BCUT2D eigenvalue weighted by Crippen LogP contribution is -2.10. The van der Waals surface area contributed by atoms with E-state index in [1.165, 1.54) is 0 Å². The summed E-state index contributed by atoms with van der Waals surface area (Å²) in [7, 11) is 0. The normalized spacial score (nSPS) is 12.1. The summed E-state index contributed by atoms with van der Waals surface area (Å²) in [5.41, 5.74) is 2.68. The van der Waals surface area contributed by atoms with E-state index in [9.17, 15) is 10.1 Å². The number of nitro groups is 1. The van der Waals surface area contributed by atoms with Crippen LogP contribution in [-0.4, -0.2) is 24.4 Å². The SMILES string of the molecule is Cc1ccc2c(ncn2-c2ccnc(N[C@@H](C)c3ccccc3)n2)c1[N+](=O)[O-]. The Labute approximate surface area is 161 Å². The number of rotatable bonds is 5. The highest BCUT2D eigenvalue weighted by molar-refractivity contribution is 5.87. The Morgan fingerprint density at radius 2 is 1.89 bits per heavy atom. The summed E-state index contributed by atoms with van der Waals surface area (Å²) in [6.45, 7) is 3.73. The molecule has 4 aromatic rings. The average molecular weight is 374 g/mol. The van der Waals surface area contributed by atoms with Crippen LogP contribution in [-0.2, 0) is 0 Å². The average Bonchev–Trinajstić information content (AvgIpc) is 3.12. The number of hydrogen-bond donors (Lipinski definition) is 1. The van der Waals surface area contributed by atoms with Crippen molar-refractivity contribution in [1.82, 2.24) is 19.5 Å². The third-order valence-corrected chi connectivity index (χ3v) is 4.61. The smallest absolute Gasteiger partial charge is 0.299 e. The van der Waals surface area contributed by atoms with E-state index in [1.807, 2.05) is 43.3 Å². The number of aromatic nitrogens is 4. The van der Waals surface area contributed by atoms with Gasteiger partial charge in [0.2, 0.25) is 5.95 Å². The van der Waals surface area contributed by atoms with Crippen molar-refractivity contribution >= 4 is 22.7 Å². The van der Waals surface area contributed by atoms with Gasteiger partial charge in [0.05, 0.1) is 16.5 Å². The second-order valence-corrected chi connectivity index (χ2v) is 6.49. The molecule has 0 unspecified atom stereocenters. The second kappa shape index (κ2) is 7.07. The fourth-order valence-corrected chi connectivity index (χ4v) is 3.15. The molecule has 0 aliphatic rings. The number of benzene rings is 2. The number of imidazole rings is 1. The number of anilines is 1. The molecule has 1 atom stereocenters. The highest BCUT2D eigenvalue weighted by Gasteiger charge is 2.20. The topological polar surface area (TPSA) is 98.8 Å². The molecular formula is C20H18N6O2. The first kappa shape index (κ1) is 17.6. The van der Waals surface area contributed by atoms with Gasteiger partial charge in [0.1, 0.15) is 12.1 Å². The highest BCUT2D eigenvalue weighted by Crippen LogP contribution is 2.29. The Balaban J connectivity index is 1.70. The van der Waals surface area contributed by atoms with Gasteiger partial charge in [-0.05, 0) is 31.5 Å². The van der Waals surface area contributed by atoms with Crippen LogP contribution in [0.3, 0.4) is 0 Å². The maximum absolute atomic E-state index is 11.4. The molecule has 0 saturated heterocycles. The minimum absolute atomic E-state index is 0.0151. The van der Waals surface area contributed by atoms with Crippen LogP contribution in [0.15, 0.2) is 61.1 Å². The van der Waals surface area contributed by atoms with E-state index in [0.717, 1.165) is 5.56 Å². The van der Waals surface area contributed by atoms with Crippen LogP contribution in [0.4, 0.5) is 11.6 Å². The lowest BCUT2D eigenvalue weighted by molar-refractivity contribution is -0.383. The summed E-state index contributed by atoms with van der Waals surface area (Å²) < 4.78 is 1.72. The van der Waals surface area contributed by atoms with Crippen molar-refractivity contribution in [3.63, 3.8) is 0 Å². The van der Waals surface area contributed by atoms with Gasteiger partial charge >= 0.3 is 0 Å². The molecule has 0 aliphatic carbocycles. The molecule has 8 heteroatoms. The van der Waals surface area contributed by atoms with E-state index in [4.69, 9.17) is 0 Å². The van der Waals surface area contributed by atoms with Gasteiger partial charge in [-0.3, -0.25) is 14.7 Å². The molecule has 8 nitrogen and oxygen atoms in total. The number of nitrogens with zero attached hydrogens (tertiary/aromatic N) is 5. The summed E-state index contributed by atoms with van der Waals surface area (Å²) in [5, 5.41) is 14.7. The van der Waals surface area contributed by atoms with Crippen LogP contribution in [0.1, 0.15) is 24.1 Å². The molecule has 0 spiro atoms. The second-order valence-electron chi connectivity index (χ2n) is 6.49. The number of nitro benzene ring substituents is 1. The van der Waals surface area contributed by atoms with E-state index in [2.05, 4.69) is 20.3 Å². The van der Waals surface area contributed by atoms with Gasteiger partial charge in [-0.2, -0.15) is 4.98 Å². The lowest BCUT2D eigenvalue weighted by Gasteiger charge is -2.14. The highest BCUT2D eigenvalue weighted by atomic mass is 16.6. The first-order chi connectivity index (χ1) is 13.5. The number of aryl methyl sites for hydroxylation is 1. The maximum Gasteiger partial charge on any atom is 0.299 e.